The first-order chi connectivity index (χ1) is 18.1. The highest BCUT2D eigenvalue weighted by Crippen LogP contribution is 2.47. The number of carboxylic acids is 1. The van der Waals surface area contributed by atoms with E-state index in [2.05, 4.69) is 52.3 Å². The average Bonchev–Trinajstić information content (AvgIpc) is 3.16. The highest BCUT2D eigenvalue weighted by atomic mass is 28.4. The van der Waals surface area contributed by atoms with Crippen LogP contribution in [0.15, 0.2) is 36.6 Å². The molecule has 0 unspecified atom stereocenters. The van der Waals surface area contributed by atoms with Gasteiger partial charge < -0.3 is 34.1 Å². The standard InChI is InChI=1S/C27H43N3O8Si/c1-10-12-36-25(34)28-16-19(29(7)26(35)37-13-11-2)14-18-15-20-21(23(31)30(20)22(18)24(32)33)17(3)38-39(8,9)27(4,5)6/h10-11,17,19-21H,1-2,12-16H2,3-9H3,(H,28,34)(H,32,33)/t17-,19-,20-,21-/m1/s1. The Morgan fingerprint density at radius 1 is 1.21 bits per heavy atom. The molecule has 0 aromatic rings. The van der Waals surface area contributed by atoms with Crippen LogP contribution < -0.4 is 5.32 Å². The van der Waals surface area contributed by atoms with E-state index in [1.165, 1.54) is 29.0 Å². The third kappa shape index (κ3) is 7.30. The summed E-state index contributed by atoms with van der Waals surface area (Å²) in [6.07, 6.45) is 1.54. The van der Waals surface area contributed by atoms with Crippen molar-refractivity contribution in [3.63, 3.8) is 0 Å². The Kier molecular flexibility index (Phi) is 10.5. The number of alkyl carbamates (subject to hydrolysis) is 1. The minimum absolute atomic E-state index is 0.00802. The number of β-lactam (4-membered cyclic amide) rings is 1. The molecule has 0 aliphatic carbocycles. The van der Waals surface area contributed by atoms with Crippen LogP contribution >= 0.6 is 0 Å². The Labute approximate surface area is 232 Å². The number of carboxylic acid groups (broad SMARTS) is 1. The van der Waals surface area contributed by atoms with E-state index < -0.39 is 38.4 Å². The molecule has 1 fully saturated rings. The fraction of sp³-hybridized carbons (Fsp3) is 0.630. The summed E-state index contributed by atoms with van der Waals surface area (Å²) in [5.41, 5.74) is 0.436. The van der Waals surface area contributed by atoms with Crippen LogP contribution in [0.2, 0.25) is 18.1 Å². The lowest BCUT2D eigenvalue weighted by Crippen LogP contribution is -2.63. The molecule has 2 heterocycles. The highest BCUT2D eigenvalue weighted by molar-refractivity contribution is 6.74. The maximum absolute atomic E-state index is 13.2. The summed E-state index contributed by atoms with van der Waals surface area (Å²) in [4.78, 5) is 52.8. The Morgan fingerprint density at radius 2 is 1.79 bits per heavy atom. The molecule has 0 radical (unpaired) electrons. The SMILES string of the molecule is C=CCOC(=O)NC[C@@H](CC1=C(C(=O)O)N2C(=O)[C@H]([C@@H](C)O[Si](C)(C)C(C)(C)C)[C@H]2C1)N(C)C(=O)OCC=C. The Balaban J connectivity index is 2.27. The van der Waals surface area contributed by atoms with Crippen molar-refractivity contribution in [3.8, 4) is 0 Å². The molecule has 12 heteroatoms. The van der Waals surface area contributed by atoms with Gasteiger partial charge in [-0.05, 0) is 43.5 Å². The van der Waals surface area contributed by atoms with Gasteiger partial charge in [0.1, 0.15) is 18.9 Å². The van der Waals surface area contributed by atoms with Crippen LogP contribution in [0.5, 0.6) is 0 Å². The van der Waals surface area contributed by atoms with Gasteiger partial charge in [-0.25, -0.2) is 14.4 Å². The minimum Gasteiger partial charge on any atom is -0.477 e. The number of aliphatic carboxylic acids is 1. The average molecular weight is 566 g/mol. The molecule has 2 N–H and O–H groups in total. The van der Waals surface area contributed by atoms with E-state index in [1.54, 1.807) is 0 Å². The zero-order chi connectivity index (χ0) is 29.7. The van der Waals surface area contributed by atoms with E-state index in [9.17, 15) is 24.3 Å². The van der Waals surface area contributed by atoms with Crippen molar-refractivity contribution >= 4 is 32.4 Å². The largest absolute Gasteiger partial charge is 0.477 e. The molecule has 11 nitrogen and oxygen atoms in total. The molecule has 218 valence electrons. The fourth-order valence-corrected chi connectivity index (χ4v) is 6.07. The van der Waals surface area contributed by atoms with Gasteiger partial charge in [0.05, 0.1) is 24.1 Å². The number of ether oxygens (including phenoxy) is 2. The zero-order valence-corrected chi connectivity index (χ0v) is 25.1. The van der Waals surface area contributed by atoms with Crippen molar-refractivity contribution in [3.05, 3.63) is 36.6 Å². The predicted molar refractivity (Wildman–Crippen MR) is 148 cm³/mol. The number of hydrogen-bond donors (Lipinski definition) is 2. The number of hydrogen-bond acceptors (Lipinski definition) is 7. The lowest BCUT2D eigenvalue weighted by Gasteiger charge is -2.48. The topological polar surface area (TPSA) is 135 Å². The van der Waals surface area contributed by atoms with Gasteiger partial charge in [-0.15, -0.1) is 0 Å². The number of amides is 3. The molecule has 2 aliphatic rings. The van der Waals surface area contributed by atoms with E-state index in [1.807, 2.05) is 6.92 Å². The normalized spacial score (nSPS) is 20.4. The molecular formula is C27H43N3O8Si. The molecule has 39 heavy (non-hydrogen) atoms. The summed E-state index contributed by atoms with van der Waals surface area (Å²) in [6.45, 7) is 19.5. The number of fused-ring (bicyclic) bond motifs is 1. The van der Waals surface area contributed by atoms with Crippen LogP contribution in [-0.4, -0.2) is 92.3 Å². The van der Waals surface area contributed by atoms with E-state index in [0.29, 0.717) is 12.0 Å². The number of rotatable bonds is 13. The first-order valence-corrected chi connectivity index (χ1v) is 16.0. The first-order valence-electron chi connectivity index (χ1n) is 13.1. The smallest absolute Gasteiger partial charge is 0.410 e. The van der Waals surface area contributed by atoms with Gasteiger partial charge >= 0.3 is 18.2 Å². The van der Waals surface area contributed by atoms with Crippen molar-refractivity contribution in [2.75, 3.05) is 26.8 Å². The van der Waals surface area contributed by atoms with Gasteiger partial charge in [0.2, 0.25) is 5.91 Å². The van der Waals surface area contributed by atoms with Crippen LogP contribution in [0.4, 0.5) is 9.59 Å². The third-order valence-corrected chi connectivity index (χ3v) is 12.3. The second kappa shape index (κ2) is 12.8. The van der Waals surface area contributed by atoms with Crippen molar-refractivity contribution in [1.29, 1.82) is 0 Å². The Morgan fingerprint density at radius 3 is 2.33 bits per heavy atom. The first kappa shape index (κ1) is 32.1. The van der Waals surface area contributed by atoms with Crippen molar-refractivity contribution in [2.45, 2.75) is 76.9 Å². The van der Waals surface area contributed by atoms with Crippen LogP contribution in [0.3, 0.4) is 0 Å². The van der Waals surface area contributed by atoms with Gasteiger partial charge in [-0.2, -0.15) is 0 Å². The van der Waals surface area contributed by atoms with Gasteiger partial charge in [-0.1, -0.05) is 46.1 Å². The molecule has 2 aliphatic heterocycles. The van der Waals surface area contributed by atoms with Crippen LogP contribution in [0.1, 0.15) is 40.5 Å². The fourth-order valence-electron chi connectivity index (χ4n) is 4.64. The molecule has 0 bridgehead atoms. The number of nitrogens with one attached hydrogen (secondary N) is 1. The van der Waals surface area contributed by atoms with Crippen LogP contribution in [0, 0.1) is 5.92 Å². The van der Waals surface area contributed by atoms with Crippen molar-refractivity contribution in [1.82, 2.24) is 15.1 Å². The van der Waals surface area contributed by atoms with E-state index in [4.69, 9.17) is 13.9 Å². The maximum atomic E-state index is 13.2. The highest BCUT2D eigenvalue weighted by Gasteiger charge is 2.58. The minimum atomic E-state index is -2.16. The zero-order valence-electron chi connectivity index (χ0n) is 24.1. The second-order valence-corrected chi connectivity index (χ2v) is 16.2. The number of likely N-dealkylation sites (N-methyl/N-ethyl adjacent to an activating group) is 1. The van der Waals surface area contributed by atoms with E-state index in [-0.39, 0.29) is 55.0 Å². The van der Waals surface area contributed by atoms with E-state index >= 15 is 0 Å². The lowest BCUT2D eigenvalue weighted by atomic mass is 9.82. The molecule has 0 saturated carbocycles. The molecule has 4 atom stereocenters. The number of nitrogens with zero attached hydrogens (tertiary/aromatic N) is 2. The van der Waals surface area contributed by atoms with Crippen LogP contribution in [0.25, 0.3) is 0 Å². The second-order valence-electron chi connectivity index (χ2n) is 11.4. The summed E-state index contributed by atoms with van der Waals surface area (Å²) in [5, 5.41) is 12.6. The summed E-state index contributed by atoms with van der Waals surface area (Å²) in [6, 6.07) is -1.02. The van der Waals surface area contributed by atoms with E-state index in [0.717, 1.165) is 0 Å². The molecule has 2 rings (SSSR count). The molecule has 0 aromatic heterocycles. The molecular weight excluding hydrogens is 522 g/mol. The van der Waals surface area contributed by atoms with Crippen molar-refractivity contribution in [2.24, 2.45) is 5.92 Å². The summed E-state index contributed by atoms with van der Waals surface area (Å²) in [5.74, 6) is -1.96. The van der Waals surface area contributed by atoms with Crippen molar-refractivity contribution < 1.29 is 38.2 Å². The lowest BCUT2D eigenvalue weighted by molar-refractivity contribution is -0.160. The van der Waals surface area contributed by atoms with Gasteiger partial charge in [-0.3, -0.25) is 4.79 Å². The molecule has 0 spiro atoms. The Hall–Kier alpha value is -3.12. The maximum Gasteiger partial charge on any atom is 0.410 e. The van der Waals surface area contributed by atoms with Gasteiger partial charge in [0.15, 0.2) is 8.32 Å². The molecule has 1 saturated heterocycles. The summed E-state index contributed by atoms with van der Waals surface area (Å²) < 4.78 is 16.6. The van der Waals surface area contributed by atoms with Gasteiger partial charge in [0, 0.05) is 13.6 Å². The summed E-state index contributed by atoms with van der Waals surface area (Å²) in [7, 11) is -0.662. The summed E-state index contributed by atoms with van der Waals surface area (Å²) >= 11 is 0. The molecule has 0 aromatic carbocycles. The third-order valence-electron chi connectivity index (χ3n) is 7.75. The number of carbonyl (C=O) groups is 4. The molecule has 3 amide bonds. The van der Waals surface area contributed by atoms with Crippen LogP contribution in [-0.2, 0) is 23.5 Å². The quantitative estimate of drug-likeness (QED) is 0.195. The predicted octanol–water partition coefficient (Wildman–Crippen LogP) is 3.89. The monoisotopic (exact) mass is 565 g/mol. The Bertz CT molecular complexity index is 1020. The van der Waals surface area contributed by atoms with Gasteiger partial charge in [0.25, 0.3) is 0 Å². The number of carbonyl (C=O) groups excluding carboxylic acids is 3.